The number of hydrogen-bond donors (Lipinski definition) is 0. The predicted molar refractivity (Wildman–Crippen MR) is 119 cm³/mol. The summed E-state index contributed by atoms with van der Waals surface area (Å²) < 4.78 is 6.02. The van der Waals surface area contributed by atoms with Crippen LogP contribution in [0.1, 0.15) is 22.6 Å². The minimum absolute atomic E-state index is 0.663. The van der Waals surface area contributed by atoms with Crippen molar-refractivity contribution in [2.24, 2.45) is 0 Å². The van der Waals surface area contributed by atoms with Crippen LogP contribution in [0.2, 0.25) is 0 Å². The molecular weight excluding hydrogens is 378 g/mol. The fourth-order valence-corrected chi connectivity index (χ4v) is 3.87. The van der Waals surface area contributed by atoms with E-state index >= 15 is 0 Å². The molecule has 0 amide bonds. The lowest BCUT2D eigenvalue weighted by Crippen LogP contribution is -2.05. The minimum Gasteiger partial charge on any atom is -0.492 e. The molecule has 4 rings (SSSR count). The lowest BCUT2D eigenvalue weighted by Gasteiger charge is -2.12. The van der Waals surface area contributed by atoms with Crippen LogP contribution in [0.25, 0.3) is 10.9 Å². The Morgan fingerprint density at radius 3 is 2.66 bits per heavy atom. The number of ether oxygens (including phenoxy) is 1. The number of nitrogens with zero attached hydrogens (tertiary/aromatic N) is 3. The van der Waals surface area contributed by atoms with Crippen LogP contribution in [0.4, 0.5) is 0 Å². The molecule has 0 aliphatic carbocycles. The Kier molecular flexibility index (Phi) is 6.37. The van der Waals surface area contributed by atoms with Gasteiger partial charge < -0.3 is 4.74 Å². The Bertz CT molecular complexity index is 1090. The van der Waals surface area contributed by atoms with Crippen molar-refractivity contribution >= 4 is 22.7 Å². The number of pyridine rings is 3. The smallest absolute Gasteiger partial charge is 0.125 e. The fraction of sp³-hybridized carbons (Fsp3) is 0.208. The van der Waals surface area contributed by atoms with E-state index in [0.717, 1.165) is 50.8 Å². The quantitative estimate of drug-likeness (QED) is 0.378. The maximum Gasteiger partial charge on any atom is 0.125 e. The van der Waals surface area contributed by atoms with Gasteiger partial charge in [0.1, 0.15) is 5.75 Å². The van der Waals surface area contributed by atoms with Crippen molar-refractivity contribution in [2.75, 3.05) is 12.4 Å². The van der Waals surface area contributed by atoms with Crippen LogP contribution in [0, 0.1) is 6.92 Å². The highest BCUT2D eigenvalue weighted by Gasteiger charge is 2.09. The number of para-hydroxylation sites is 1. The molecule has 4 nitrogen and oxygen atoms in total. The maximum atomic E-state index is 6.02. The monoisotopic (exact) mass is 401 g/mol. The summed E-state index contributed by atoms with van der Waals surface area (Å²) in [5, 5.41) is 1.15. The first-order chi connectivity index (χ1) is 14.3. The van der Waals surface area contributed by atoms with Crippen LogP contribution in [-0.4, -0.2) is 27.3 Å². The lowest BCUT2D eigenvalue weighted by atomic mass is 10.1. The van der Waals surface area contributed by atoms with E-state index in [1.807, 2.05) is 66.6 Å². The highest BCUT2D eigenvalue weighted by molar-refractivity contribution is 7.98. The third-order valence-electron chi connectivity index (χ3n) is 4.72. The number of thioether (sulfide) groups is 1. The third kappa shape index (κ3) is 5.12. The third-order valence-corrected chi connectivity index (χ3v) is 5.68. The summed E-state index contributed by atoms with van der Waals surface area (Å²) in [5.41, 5.74) is 5.22. The van der Waals surface area contributed by atoms with Crippen molar-refractivity contribution in [2.45, 2.75) is 19.1 Å². The summed E-state index contributed by atoms with van der Waals surface area (Å²) in [6.07, 6.45) is 4.35. The zero-order chi connectivity index (χ0) is 19.9. The van der Waals surface area contributed by atoms with E-state index in [1.165, 1.54) is 0 Å². The molecular formula is C24H23N3OS. The molecule has 5 heteroatoms. The molecule has 0 N–H and O–H groups in total. The van der Waals surface area contributed by atoms with E-state index in [1.54, 1.807) is 0 Å². The van der Waals surface area contributed by atoms with Crippen LogP contribution in [0.3, 0.4) is 0 Å². The van der Waals surface area contributed by atoms with E-state index in [9.17, 15) is 0 Å². The van der Waals surface area contributed by atoms with Crippen molar-refractivity contribution in [3.8, 4) is 5.75 Å². The van der Waals surface area contributed by atoms with Crippen molar-refractivity contribution < 1.29 is 4.74 Å². The van der Waals surface area contributed by atoms with Crippen LogP contribution >= 0.6 is 11.8 Å². The van der Waals surface area contributed by atoms with E-state index in [2.05, 4.69) is 35.1 Å². The molecule has 0 saturated heterocycles. The Morgan fingerprint density at radius 2 is 1.76 bits per heavy atom. The van der Waals surface area contributed by atoms with Crippen LogP contribution in [0.5, 0.6) is 5.75 Å². The second kappa shape index (κ2) is 9.52. The van der Waals surface area contributed by atoms with Gasteiger partial charge in [0.15, 0.2) is 0 Å². The molecule has 0 spiro atoms. The molecule has 3 heterocycles. The minimum atomic E-state index is 0.663. The van der Waals surface area contributed by atoms with E-state index in [-0.39, 0.29) is 0 Å². The second-order valence-corrected chi connectivity index (χ2v) is 7.88. The largest absolute Gasteiger partial charge is 0.492 e. The zero-order valence-electron chi connectivity index (χ0n) is 16.4. The fourth-order valence-electron chi connectivity index (χ4n) is 3.14. The first-order valence-electron chi connectivity index (χ1n) is 9.69. The summed E-state index contributed by atoms with van der Waals surface area (Å²) in [7, 11) is 0. The summed E-state index contributed by atoms with van der Waals surface area (Å²) in [6, 6.07) is 20.3. The molecule has 0 atom stereocenters. The van der Waals surface area contributed by atoms with Crippen molar-refractivity contribution in [1.29, 1.82) is 0 Å². The first kappa shape index (κ1) is 19.4. The first-order valence-corrected chi connectivity index (χ1v) is 10.8. The van der Waals surface area contributed by atoms with Gasteiger partial charge in [-0.25, -0.2) is 0 Å². The molecule has 0 unspecified atom stereocenters. The Hall–Kier alpha value is -2.92. The highest BCUT2D eigenvalue weighted by Crippen LogP contribution is 2.22. The molecule has 29 heavy (non-hydrogen) atoms. The van der Waals surface area contributed by atoms with E-state index < -0.39 is 0 Å². The van der Waals surface area contributed by atoms with Crippen molar-refractivity contribution in [3.05, 3.63) is 95.7 Å². The Morgan fingerprint density at radius 1 is 0.862 bits per heavy atom. The van der Waals surface area contributed by atoms with Gasteiger partial charge in [0.05, 0.1) is 23.5 Å². The molecule has 0 bridgehead atoms. The van der Waals surface area contributed by atoms with E-state index in [0.29, 0.717) is 13.0 Å². The molecule has 0 radical (unpaired) electrons. The molecule has 0 aliphatic heterocycles. The number of hydrogen-bond acceptors (Lipinski definition) is 5. The summed E-state index contributed by atoms with van der Waals surface area (Å²) >= 11 is 1.83. The van der Waals surface area contributed by atoms with Gasteiger partial charge in [-0.3, -0.25) is 15.0 Å². The molecule has 4 aromatic rings. The number of benzene rings is 1. The van der Waals surface area contributed by atoms with Gasteiger partial charge in [0.25, 0.3) is 0 Å². The average molecular weight is 402 g/mol. The van der Waals surface area contributed by atoms with Crippen molar-refractivity contribution in [1.82, 2.24) is 15.0 Å². The van der Waals surface area contributed by atoms with Crippen LogP contribution < -0.4 is 4.74 Å². The van der Waals surface area contributed by atoms with Gasteiger partial charge in [0.2, 0.25) is 0 Å². The van der Waals surface area contributed by atoms with Gasteiger partial charge >= 0.3 is 0 Å². The predicted octanol–water partition coefficient (Wildman–Crippen LogP) is 5.24. The Balaban J connectivity index is 1.35. The molecule has 1 aromatic carbocycles. The van der Waals surface area contributed by atoms with Gasteiger partial charge in [-0.2, -0.15) is 11.8 Å². The molecule has 0 saturated carbocycles. The zero-order valence-corrected chi connectivity index (χ0v) is 17.2. The summed E-state index contributed by atoms with van der Waals surface area (Å²) in [4.78, 5) is 13.7. The molecule has 3 aromatic heterocycles. The summed E-state index contributed by atoms with van der Waals surface area (Å²) in [6.45, 7) is 2.73. The highest BCUT2D eigenvalue weighted by atomic mass is 32.2. The lowest BCUT2D eigenvalue weighted by molar-refractivity contribution is 0.340. The second-order valence-electron chi connectivity index (χ2n) is 6.77. The van der Waals surface area contributed by atoms with Gasteiger partial charge in [-0.05, 0) is 37.3 Å². The number of aromatic nitrogens is 3. The standard InChI is InChI=1S/C24H23N3OS/c1-18-23(16-20-10-9-19-6-2-3-8-22(19)27-20)26-13-11-24(18)28-14-15-29-17-21-7-4-5-12-25-21/h2-13H,14-17H2,1H3. The topological polar surface area (TPSA) is 47.9 Å². The van der Waals surface area contributed by atoms with Gasteiger partial charge in [0, 0.05) is 47.0 Å². The number of fused-ring (bicyclic) bond motifs is 1. The van der Waals surface area contributed by atoms with Gasteiger partial charge in [-0.15, -0.1) is 0 Å². The number of rotatable bonds is 8. The Labute approximate surface area is 175 Å². The van der Waals surface area contributed by atoms with Crippen molar-refractivity contribution in [3.63, 3.8) is 0 Å². The van der Waals surface area contributed by atoms with E-state index in [4.69, 9.17) is 9.72 Å². The molecule has 146 valence electrons. The SMILES string of the molecule is Cc1c(OCCSCc2ccccn2)ccnc1Cc1ccc2ccccc2n1. The summed E-state index contributed by atoms with van der Waals surface area (Å²) in [5.74, 6) is 2.72. The van der Waals surface area contributed by atoms with Gasteiger partial charge in [-0.1, -0.05) is 30.3 Å². The normalized spacial score (nSPS) is 10.9. The average Bonchev–Trinajstić information content (AvgIpc) is 2.76. The molecule has 0 fully saturated rings. The van der Waals surface area contributed by atoms with Crippen LogP contribution in [0.15, 0.2) is 73.1 Å². The molecule has 0 aliphatic rings. The maximum absolute atomic E-state index is 6.02. The van der Waals surface area contributed by atoms with Crippen LogP contribution in [-0.2, 0) is 12.2 Å².